The van der Waals surface area contributed by atoms with Crippen molar-refractivity contribution in [2.45, 2.75) is 13.0 Å². The second-order valence-electron chi connectivity index (χ2n) is 4.07. The van der Waals surface area contributed by atoms with Gasteiger partial charge >= 0.3 is 0 Å². The Balaban J connectivity index is 2.42. The summed E-state index contributed by atoms with van der Waals surface area (Å²) in [5.74, 6) is 0.720. The summed E-state index contributed by atoms with van der Waals surface area (Å²) in [5.41, 5.74) is 1.64. The van der Waals surface area contributed by atoms with Gasteiger partial charge in [-0.25, -0.2) is 0 Å². The van der Waals surface area contributed by atoms with Crippen molar-refractivity contribution < 1.29 is 9.84 Å². The van der Waals surface area contributed by atoms with E-state index >= 15 is 0 Å². The molecule has 0 spiro atoms. The maximum atomic E-state index is 10.5. The van der Waals surface area contributed by atoms with Crippen LogP contribution < -0.4 is 4.74 Å². The number of halogens is 2. The third-order valence-corrected chi connectivity index (χ3v) is 3.89. The van der Waals surface area contributed by atoms with Crippen molar-refractivity contribution in [3.05, 3.63) is 61.6 Å². The zero-order valence-corrected chi connectivity index (χ0v) is 14.2. The van der Waals surface area contributed by atoms with Gasteiger partial charge in [0, 0.05) is 13.6 Å². The minimum absolute atomic E-state index is 0.577. The third kappa shape index (κ3) is 3.70. The number of aliphatic hydroxyl groups excluding tert-OH is 1. The average molecular weight is 433 g/mol. The van der Waals surface area contributed by atoms with Gasteiger partial charge in [0.05, 0.1) is 6.61 Å². The first-order valence-corrected chi connectivity index (χ1v) is 7.84. The van der Waals surface area contributed by atoms with E-state index in [0.717, 1.165) is 24.9 Å². The maximum absolute atomic E-state index is 10.5. The molecule has 2 aromatic rings. The van der Waals surface area contributed by atoms with E-state index in [2.05, 4.69) is 38.5 Å². The van der Waals surface area contributed by atoms with Crippen LogP contribution in [-0.2, 0) is 0 Å². The number of benzene rings is 2. The molecule has 0 bridgehead atoms. The molecule has 2 nitrogen and oxygen atoms in total. The van der Waals surface area contributed by atoms with Crippen molar-refractivity contribution in [3.63, 3.8) is 0 Å². The van der Waals surface area contributed by atoms with Crippen LogP contribution >= 0.6 is 38.5 Å². The van der Waals surface area contributed by atoms with Crippen LogP contribution in [0.1, 0.15) is 24.2 Å². The second-order valence-corrected chi connectivity index (χ2v) is 6.23. The summed E-state index contributed by atoms with van der Waals surface area (Å²) in [6.07, 6.45) is -0.686. The van der Waals surface area contributed by atoms with Crippen LogP contribution in [0, 0.1) is 3.57 Å². The van der Waals surface area contributed by atoms with Crippen molar-refractivity contribution in [3.8, 4) is 5.75 Å². The monoisotopic (exact) mass is 432 g/mol. The van der Waals surface area contributed by atoms with Crippen molar-refractivity contribution >= 4 is 38.5 Å². The first kappa shape index (κ1) is 14.8. The number of aliphatic hydroxyl groups is 1. The molecule has 0 saturated carbocycles. The summed E-state index contributed by atoms with van der Waals surface area (Å²) in [5, 5.41) is 10.5. The van der Waals surface area contributed by atoms with Crippen molar-refractivity contribution in [1.82, 2.24) is 0 Å². The molecule has 0 radical (unpaired) electrons. The Bertz CT molecular complexity index is 572. The maximum Gasteiger partial charge on any atom is 0.125 e. The average Bonchev–Trinajstić information content (AvgIpc) is 2.40. The van der Waals surface area contributed by atoms with Crippen molar-refractivity contribution in [1.29, 1.82) is 0 Å². The highest BCUT2D eigenvalue weighted by molar-refractivity contribution is 14.1. The standard InChI is InChI=1S/C15H14BrIO2/c1-2-19-14-7-6-11(16)9-13(14)15(18)10-4-3-5-12(17)8-10/h3-9,15,18H,2H2,1H3. The molecule has 0 heterocycles. The largest absolute Gasteiger partial charge is 0.493 e. The summed E-state index contributed by atoms with van der Waals surface area (Å²) in [4.78, 5) is 0. The molecule has 0 aliphatic heterocycles. The molecule has 100 valence electrons. The van der Waals surface area contributed by atoms with E-state index in [1.807, 2.05) is 49.4 Å². The number of ether oxygens (including phenoxy) is 1. The minimum atomic E-state index is -0.686. The van der Waals surface area contributed by atoms with Crippen LogP contribution in [0.2, 0.25) is 0 Å². The summed E-state index contributed by atoms with van der Waals surface area (Å²) < 4.78 is 7.61. The second kappa shape index (κ2) is 6.72. The Kier molecular flexibility index (Phi) is 5.24. The lowest BCUT2D eigenvalue weighted by Gasteiger charge is -2.16. The molecule has 0 aromatic heterocycles. The van der Waals surface area contributed by atoms with Gasteiger partial charge in [-0.05, 0) is 65.4 Å². The summed E-state index contributed by atoms with van der Waals surface area (Å²) in [6.45, 7) is 2.51. The van der Waals surface area contributed by atoms with E-state index in [0.29, 0.717) is 6.61 Å². The van der Waals surface area contributed by atoms with E-state index in [4.69, 9.17) is 4.74 Å². The van der Waals surface area contributed by atoms with E-state index < -0.39 is 6.10 Å². The van der Waals surface area contributed by atoms with Crippen molar-refractivity contribution in [2.24, 2.45) is 0 Å². The van der Waals surface area contributed by atoms with E-state index in [-0.39, 0.29) is 0 Å². The zero-order valence-electron chi connectivity index (χ0n) is 10.4. The third-order valence-electron chi connectivity index (χ3n) is 2.73. The fraction of sp³-hybridized carbons (Fsp3) is 0.200. The molecule has 0 amide bonds. The van der Waals surface area contributed by atoms with Crippen LogP contribution in [0.5, 0.6) is 5.75 Å². The first-order chi connectivity index (χ1) is 9.11. The first-order valence-electron chi connectivity index (χ1n) is 5.97. The van der Waals surface area contributed by atoms with Crippen LogP contribution in [0.4, 0.5) is 0 Å². The molecule has 1 N–H and O–H groups in total. The van der Waals surface area contributed by atoms with Crippen LogP contribution in [0.3, 0.4) is 0 Å². The lowest BCUT2D eigenvalue weighted by Crippen LogP contribution is -2.04. The normalized spacial score (nSPS) is 12.2. The minimum Gasteiger partial charge on any atom is -0.493 e. The Labute approximate surface area is 135 Å². The topological polar surface area (TPSA) is 29.5 Å². The molecule has 0 fully saturated rings. The van der Waals surface area contributed by atoms with Gasteiger partial charge in [-0.15, -0.1) is 0 Å². The lowest BCUT2D eigenvalue weighted by molar-refractivity contribution is 0.212. The molecule has 0 saturated heterocycles. The van der Waals surface area contributed by atoms with Gasteiger partial charge < -0.3 is 9.84 Å². The highest BCUT2D eigenvalue weighted by atomic mass is 127. The molecule has 4 heteroatoms. The van der Waals surface area contributed by atoms with Gasteiger partial charge in [-0.3, -0.25) is 0 Å². The molecule has 1 atom stereocenters. The molecule has 0 aliphatic carbocycles. The highest BCUT2D eigenvalue weighted by Crippen LogP contribution is 2.32. The van der Waals surface area contributed by atoms with Gasteiger partial charge in [0.15, 0.2) is 0 Å². The number of rotatable bonds is 4. The molecular formula is C15H14BrIO2. The zero-order chi connectivity index (χ0) is 13.8. The van der Waals surface area contributed by atoms with Crippen molar-refractivity contribution in [2.75, 3.05) is 6.61 Å². The fourth-order valence-corrected chi connectivity index (χ4v) is 2.82. The van der Waals surface area contributed by atoms with Gasteiger partial charge in [0.1, 0.15) is 11.9 Å². The smallest absolute Gasteiger partial charge is 0.125 e. The number of hydrogen-bond acceptors (Lipinski definition) is 2. The van der Waals surface area contributed by atoms with E-state index in [9.17, 15) is 5.11 Å². The fourth-order valence-electron chi connectivity index (χ4n) is 1.88. The quantitative estimate of drug-likeness (QED) is 0.719. The predicted molar refractivity (Wildman–Crippen MR) is 88.5 cm³/mol. The van der Waals surface area contributed by atoms with Crippen LogP contribution in [0.15, 0.2) is 46.9 Å². The Morgan fingerprint density at radius 1 is 1.26 bits per heavy atom. The number of hydrogen-bond donors (Lipinski definition) is 1. The summed E-state index contributed by atoms with van der Waals surface area (Å²) in [7, 11) is 0. The summed E-state index contributed by atoms with van der Waals surface area (Å²) in [6, 6.07) is 13.5. The Hall–Kier alpha value is -0.590. The van der Waals surface area contributed by atoms with Gasteiger partial charge in [-0.2, -0.15) is 0 Å². The molecular weight excluding hydrogens is 419 g/mol. The molecule has 19 heavy (non-hydrogen) atoms. The van der Waals surface area contributed by atoms with E-state index in [1.54, 1.807) is 0 Å². The molecule has 2 rings (SSSR count). The molecule has 2 aromatic carbocycles. The van der Waals surface area contributed by atoms with Gasteiger partial charge in [0.25, 0.3) is 0 Å². The Morgan fingerprint density at radius 3 is 2.74 bits per heavy atom. The SMILES string of the molecule is CCOc1ccc(Br)cc1C(O)c1cccc(I)c1. The summed E-state index contributed by atoms with van der Waals surface area (Å²) >= 11 is 5.67. The van der Waals surface area contributed by atoms with Crippen LogP contribution in [-0.4, -0.2) is 11.7 Å². The highest BCUT2D eigenvalue weighted by Gasteiger charge is 2.16. The van der Waals surface area contributed by atoms with E-state index in [1.165, 1.54) is 0 Å². The Morgan fingerprint density at radius 2 is 2.05 bits per heavy atom. The van der Waals surface area contributed by atoms with Crippen LogP contribution in [0.25, 0.3) is 0 Å². The molecule has 0 aliphatic rings. The predicted octanol–water partition coefficient (Wildman–Crippen LogP) is 4.53. The lowest BCUT2D eigenvalue weighted by atomic mass is 10.0. The van der Waals surface area contributed by atoms with Gasteiger partial charge in [-0.1, -0.05) is 28.1 Å². The molecule has 1 unspecified atom stereocenters. The van der Waals surface area contributed by atoms with Gasteiger partial charge in [0.2, 0.25) is 0 Å².